The summed E-state index contributed by atoms with van der Waals surface area (Å²) in [4.78, 5) is -0.541. The fourth-order valence-electron chi connectivity index (χ4n) is 2.45. The SMILES string of the molecule is O=S(=O)(Oc1ccc2c(c1)CCC2)c1cc(F)cc(F)c1. The molecule has 0 bridgehead atoms. The Kier molecular flexibility index (Phi) is 3.41. The van der Waals surface area contributed by atoms with Gasteiger partial charge in [0.25, 0.3) is 0 Å². The number of hydrogen-bond acceptors (Lipinski definition) is 3. The molecule has 2 aromatic rings. The summed E-state index contributed by atoms with van der Waals surface area (Å²) in [6.45, 7) is 0. The summed E-state index contributed by atoms with van der Waals surface area (Å²) in [5, 5.41) is 0. The standard InChI is InChI=1S/C15H12F2O3S/c16-12-7-13(17)9-15(8-12)21(18,19)20-14-5-4-10-2-1-3-11(10)6-14/h4-9H,1-3H2. The highest BCUT2D eigenvalue weighted by atomic mass is 32.2. The quantitative estimate of drug-likeness (QED) is 0.818. The molecule has 3 rings (SSSR count). The topological polar surface area (TPSA) is 43.4 Å². The van der Waals surface area contributed by atoms with Gasteiger partial charge in [0.05, 0.1) is 0 Å². The maximum atomic E-state index is 13.1. The fourth-order valence-corrected chi connectivity index (χ4v) is 3.41. The largest absolute Gasteiger partial charge is 0.379 e. The molecule has 1 aliphatic rings. The second-order valence-electron chi connectivity index (χ2n) is 4.93. The Morgan fingerprint density at radius 1 is 0.905 bits per heavy atom. The number of halogens is 2. The Balaban J connectivity index is 1.92. The van der Waals surface area contributed by atoms with E-state index in [1.54, 1.807) is 12.1 Å². The van der Waals surface area contributed by atoms with E-state index in [0.717, 1.165) is 37.0 Å². The molecule has 110 valence electrons. The van der Waals surface area contributed by atoms with E-state index in [2.05, 4.69) is 0 Å². The van der Waals surface area contributed by atoms with E-state index in [4.69, 9.17) is 4.18 Å². The lowest BCUT2D eigenvalue weighted by molar-refractivity contribution is 0.482. The average Bonchev–Trinajstić information content (AvgIpc) is 2.84. The maximum Gasteiger partial charge on any atom is 0.339 e. The van der Waals surface area contributed by atoms with E-state index in [9.17, 15) is 17.2 Å². The summed E-state index contributed by atoms with van der Waals surface area (Å²) in [5.41, 5.74) is 2.23. The number of fused-ring (bicyclic) bond motifs is 1. The Morgan fingerprint density at radius 3 is 2.29 bits per heavy atom. The van der Waals surface area contributed by atoms with Crippen molar-refractivity contribution in [2.45, 2.75) is 24.2 Å². The molecule has 0 N–H and O–H groups in total. The molecule has 0 amide bonds. The van der Waals surface area contributed by atoms with Crippen molar-refractivity contribution < 1.29 is 21.4 Å². The van der Waals surface area contributed by atoms with Crippen LogP contribution >= 0.6 is 0 Å². The van der Waals surface area contributed by atoms with Crippen LogP contribution in [0.4, 0.5) is 8.78 Å². The molecule has 1 aliphatic carbocycles. The van der Waals surface area contributed by atoms with E-state index >= 15 is 0 Å². The van der Waals surface area contributed by atoms with E-state index in [1.807, 2.05) is 6.07 Å². The predicted molar refractivity (Wildman–Crippen MR) is 72.6 cm³/mol. The zero-order chi connectivity index (χ0) is 15.0. The molecule has 0 saturated heterocycles. The lowest BCUT2D eigenvalue weighted by atomic mass is 10.1. The zero-order valence-corrected chi connectivity index (χ0v) is 11.8. The molecule has 3 nitrogen and oxygen atoms in total. The van der Waals surface area contributed by atoms with Crippen LogP contribution in [0.15, 0.2) is 41.3 Å². The van der Waals surface area contributed by atoms with Crippen molar-refractivity contribution in [1.82, 2.24) is 0 Å². The van der Waals surface area contributed by atoms with Crippen molar-refractivity contribution in [2.24, 2.45) is 0 Å². The minimum Gasteiger partial charge on any atom is -0.379 e. The van der Waals surface area contributed by atoms with Crippen molar-refractivity contribution in [3.8, 4) is 5.75 Å². The first-order valence-corrected chi connectivity index (χ1v) is 7.87. The second-order valence-corrected chi connectivity index (χ2v) is 6.47. The number of benzene rings is 2. The van der Waals surface area contributed by atoms with Gasteiger partial charge < -0.3 is 4.18 Å². The Hall–Kier alpha value is -1.95. The van der Waals surface area contributed by atoms with Gasteiger partial charge in [-0.05, 0) is 54.7 Å². The first-order valence-electron chi connectivity index (χ1n) is 6.46. The number of aryl methyl sites for hydroxylation is 2. The molecular weight excluding hydrogens is 298 g/mol. The van der Waals surface area contributed by atoms with Gasteiger partial charge in [-0.3, -0.25) is 0 Å². The van der Waals surface area contributed by atoms with E-state index < -0.39 is 26.6 Å². The summed E-state index contributed by atoms with van der Waals surface area (Å²) in [6.07, 6.45) is 2.87. The summed E-state index contributed by atoms with van der Waals surface area (Å²) < 4.78 is 55.3. The molecule has 0 fully saturated rings. The van der Waals surface area contributed by atoms with Gasteiger partial charge in [-0.25, -0.2) is 8.78 Å². The van der Waals surface area contributed by atoms with Crippen LogP contribution < -0.4 is 4.18 Å². The maximum absolute atomic E-state index is 13.1. The van der Waals surface area contributed by atoms with Crippen LogP contribution in [0.3, 0.4) is 0 Å². The van der Waals surface area contributed by atoms with Gasteiger partial charge in [0.15, 0.2) is 0 Å². The average molecular weight is 310 g/mol. The van der Waals surface area contributed by atoms with Gasteiger partial charge in [-0.15, -0.1) is 0 Å². The molecule has 0 aromatic heterocycles. The van der Waals surface area contributed by atoms with Crippen LogP contribution in [0.1, 0.15) is 17.5 Å². The highest BCUT2D eigenvalue weighted by Gasteiger charge is 2.20. The Labute approximate surface area is 121 Å². The second kappa shape index (κ2) is 5.11. The lowest BCUT2D eigenvalue weighted by Gasteiger charge is -2.09. The predicted octanol–water partition coefficient (Wildman–Crippen LogP) is 3.22. The van der Waals surface area contributed by atoms with Crippen molar-refractivity contribution >= 4 is 10.1 Å². The Bertz CT molecular complexity index is 780. The van der Waals surface area contributed by atoms with E-state index in [1.165, 1.54) is 5.56 Å². The van der Waals surface area contributed by atoms with Crippen molar-refractivity contribution in [3.63, 3.8) is 0 Å². The Morgan fingerprint density at radius 2 is 1.57 bits per heavy atom. The van der Waals surface area contributed by atoms with Gasteiger partial charge in [-0.2, -0.15) is 8.42 Å². The molecule has 0 saturated carbocycles. The van der Waals surface area contributed by atoms with Gasteiger partial charge >= 0.3 is 10.1 Å². The first kappa shape index (κ1) is 14.0. The van der Waals surface area contributed by atoms with E-state index in [0.29, 0.717) is 6.07 Å². The van der Waals surface area contributed by atoms with Gasteiger partial charge in [0.1, 0.15) is 22.3 Å². The van der Waals surface area contributed by atoms with Crippen LogP contribution in [-0.2, 0) is 23.0 Å². The van der Waals surface area contributed by atoms with Crippen LogP contribution in [0, 0.1) is 11.6 Å². The van der Waals surface area contributed by atoms with Crippen LogP contribution in [0.25, 0.3) is 0 Å². The molecule has 6 heteroatoms. The van der Waals surface area contributed by atoms with Gasteiger partial charge in [-0.1, -0.05) is 6.07 Å². The number of hydrogen-bond donors (Lipinski definition) is 0. The molecule has 0 spiro atoms. The molecule has 2 aromatic carbocycles. The monoisotopic (exact) mass is 310 g/mol. The molecule has 0 atom stereocenters. The molecule has 0 heterocycles. The third-order valence-corrected chi connectivity index (χ3v) is 4.63. The molecule has 0 radical (unpaired) electrons. The minimum absolute atomic E-state index is 0.153. The number of rotatable bonds is 3. The summed E-state index contributed by atoms with van der Waals surface area (Å²) in [5.74, 6) is -1.78. The van der Waals surface area contributed by atoms with Crippen LogP contribution in [0.5, 0.6) is 5.75 Å². The smallest absolute Gasteiger partial charge is 0.339 e. The molecule has 21 heavy (non-hydrogen) atoms. The van der Waals surface area contributed by atoms with Crippen LogP contribution in [0.2, 0.25) is 0 Å². The lowest BCUT2D eigenvalue weighted by Crippen LogP contribution is -2.10. The molecule has 0 unspecified atom stereocenters. The minimum atomic E-state index is -4.26. The van der Waals surface area contributed by atoms with Crippen molar-refractivity contribution in [2.75, 3.05) is 0 Å². The third kappa shape index (κ3) is 2.90. The summed E-state index contributed by atoms with van der Waals surface area (Å²) >= 11 is 0. The molecule has 0 aliphatic heterocycles. The summed E-state index contributed by atoms with van der Waals surface area (Å²) in [7, 11) is -4.26. The third-order valence-electron chi connectivity index (χ3n) is 3.40. The highest BCUT2D eigenvalue weighted by molar-refractivity contribution is 7.87. The summed E-state index contributed by atoms with van der Waals surface area (Å²) in [6, 6.07) is 7.10. The first-order chi connectivity index (χ1) is 9.94. The van der Waals surface area contributed by atoms with Crippen molar-refractivity contribution in [3.05, 3.63) is 59.2 Å². The molecular formula is C15H12F2O3S. The highest BCUT2D eigenvalue weighted by Crippen LogP contribution is 2.28. The fraction of sp³-hybridized carbons (Fsp3) is 0.200. The normalized spacial score (nSPS) is 14.0. The zero-order valence-electron chi connectivity index (χ0n) is 11.0. The van der Waals surface area contributed by atoms with Gasteiger partial charge in [0.2, 0.25) is 0 Å². The van der Waals surface area contributed by atoms with Crippen LogP contribution in [-0.4, -0.2) is 8.42 Å². The van der Waals surface area contributed by atoms with Crippen molar-refractivity contribution in [1.29, 1.82) is 0 Å². The van der Waals surface area contributed by atoms with Gasteiger partial charge in [0, 0.05) is 6.07 Å². The van der Waals surface area contributed by atoms with E-state index in [-0.39, 0.29) is 5.75 Å².